The Kier molecular flexibility index (Phi) is 5.22. The van der Waals surface area contributed by atoms with Crippen LogP contribution in [0.25, 0.3) is 0 Å². The van der Waals surface area contributed by atoms with Gasteiger partial charge in [-0.15, -0.1) is 0 Å². The van der Waals surface area contributed by atoms with Gasteiger partial charge in [-0.3, -0.25) is 9.79 Å². The minimum Gasteiger partial charge on any atom is -0.309 e. The Labute approximate surface area is 172 Å². The molecule has 0 aromatic heterocycles. The van der Waals surface area contributed by atoms with E-state index in [4.69, 9.17) is 0 Å². The van der Waals surface area contributed by atoms with Crippen molar-refractivity contribution in [3.8, 4) is 0 Å². The molecule has 5 nitrogen and oxygen atoms in total. The second-order valence-electron chi connectivity index (χ2n) is 7.45. The Balaban J connectivity index is 2.12. The van der Waals surface area contributed by atoms with Gasteiger partial charge in [0.05, 0.1) is 5.75 Å². The molecule has 148 valence electrons. The smallest absolute Gasteiger partial charge is 0.256 e. The van der Waals surface area contributed by atoms with E-state index in [0.29, 0.717) is 10.0 Å². The number of sulfone groups is 1. The Morgan fingerprint density at radius 2 is 1.79 bits per heavy atom. The van der Waals surface area contributed by atoms with E-state index >= 15 is 0 Å². The lowest BCUT2D eigenvalue weighted by Crippen LogP contribution is -2.57. The van der Waals surface area contributed by atoms with Gasteiger partial charge in [-0.2, -0.15) is 0 Å². The number of carbonyl (C=O) groups is 1. The van der Waals surface area contributed by atoms with Crippen molar-refractivity contribution in [2.45, 2.75) is 31.1 Å². The molecule has 0 saturated carbocycles. The number of hydrogen-bond donors (Lipinski definition) is 1. The van der Waals surface area contributed by atoms with Crippen LogP contribution in [0.1, 0.15) is 36.7 Å². The van der Waals surface area contributed by atoms with Gasteiger partial charge in [0.1, 0.15) is 21.9 Å². The maximum Gasteiger partial charge on any atom is 0.256 e. The lowest BCUT2D eigenvalue weighted by Gasteiger charge is -2.39. The number of aliphatic imine (C=N–C) groups is 1. The molecule has 1 aliphatic rings. The number of nitrogens with one attached hydrogen (secondary N) is 1. The first-order valence-electron chi connectivity index (χ1n) is 8.61. The largest absolute Gasteiger partial charge is 0.309 e. The first-order valence-corrected chi connectivity index (χ1v) is 11.1. The van der Waals surface area contributed by atoms with Gasteiger partial charge >= 0.3 is 0 Å². The molecular formula is C20H20BrFN2O3S. The zero-order chi connectivity index (χ0) is 20.7. The summed E-state index contributed by atoms with van der Waals surface area (Å²) < 4.78 is 39.8. The number of amides is 1. The number of halogens is 2. The lowest BCUT2D eigenvalue weighted by molar-refractivity contribution is 0.0975. The first-order chi connectivity index (χ1) is 13.0. The molecule has 8 heteroatoms. The van der Waals surface area contributed by atoms with Gasteiger partial charge in [-0.25, -0.2) is 12.8 Å². The summed E-state index contributed by atoms with van der Waals surface area (Å²) in [6.45, 7) is 4.53. The quantitative estimate of drug-likeness (QED) is 0.730. The predicted octanol–water partition coefficient (Wildman–Crippen LogP) is 3.84. The van der Waals surface area contributed by atoms with Gasteiger partial charge in [0, 0.05) is 15.6 Å². The van der Waals surface area contributed by atoms with Crippen LogP contribution in [0.5, 0.6) is 0 Å². The van der Waals surface area contributed by atoms with E-state index in [1.54, 1.807) is 37.3 Å². The highest BCUT2D eigenvalue weighted by Crippen LogP contribution is 2.39. The Bertz CT molecular complexity index is 1070. The molecular weight excluding hydrogens is 447 g/mol. The summed E-state index contributed by atoms with van der Waals surface area (Å²) in [6.07, 6.45) is 0. The van der Waals surface area contributed by atoms with Crippen molar-refractivity contribution in [3.63, 3.8) is 0 Å². The number of hydrogen-bond acceptors (Lipinski definition) is 4. The van der Waals surface area contributed by atoms with Crippen LogP contribution in [0, 0.1) is 5.82 Å². The van der Waals surface area contributed by atoms with Crippen LogP contribution in [-0.4, -0.2) is 30.7 Å². The van der Waals surface area contributed by atoms with Crippen molar-refractivity contribution in [2.75, 3.05) is 5.75 Å². The maximum atomic E-state index is 14.5. The molecule has 1 aliphatic heterocycles. The maximum absolute atomic E-state index is 14.5. The van der Waals surface area contributed by atoms with Crippen LogP contribution >= 0.6 is 15.9 Å². The van der Waals surface area contributed by atoms with Gasteiger partial charge in [0.25, 0.3) is 5.91 Å². The van der Waals surface area contributed by atoms with Crippen molar-refractivity contribution in [3.05, 3.63) is 69.9 Å². The summed E-state index contributed by atoms with van der Waals surface area (Å²) in [5.41, 5.74) is -0.853. The van der Waals surface area contributed by atoms with Gasteiger partial charge < -0.3 is 5.32 Å². The highest BCUT2D eigenvalue weighted by Gasteiger charge is 2.50. The molecule has 0 spiro atoms. The van der Waals surface area contributed by atoms with Crippen molar-refractivity contribution in [1.82, 2.24) is 5.32 Å². The molecule has 0 radical (unpaired) electrons. The molecule has 0 fully saturated rings. The van der Waals surface area contributed by atoms with E-state index in [1.807, 2.05) is 0 Å². The van der Waals surface area contributed by atoms with Crippen molar-refractivity contribution < 1.29 is 17.6 Å². The molecule has 1 atom stereocenters. The molecule has 28 heavy (non-hydrogen) atoms. The molecule has 0 bridgehead atoms. The molecule has 3 rings (SSSR count). The first kappa shape index (κ1) is 20.7. The highest BCUT2D eigenvalue weighted by atomic mass is 79.9. The summed E-state index contributed by atoms with van der Waals surface area (Å²) >= 11 is 3.29. The van der Waals surface area contributed by atoms with E-state index in [-0.39, 0.29) is 17.2 Å². The van der Waals surface area contributed by atoms with E-state index in [1.165, 1.54) is 32.0 Å². The molecule has 1 heterocycles. The third kappa shape index (κ3) is 3.63. The van der Waals surface area contributed by atoms with Crippen LogP contribution in [0.4, 0.5) is 4.39 Å². The molecule has 2 aromatic carbocycles. The molecule has 1 N–H and O–H groups in total. The summed E-state index contributed by atoms with van der Waals surface area (Å²) in [4.78, 5) is 17.2. The fourth-order valence-corrected chi connectivity index (χ4v) is 5.18. The van der Waals surface area contributed by atoms with Crippen molar-refractivity contribution in [2.24, 2.45) is 4.99 Å². The Morgan fingerprint density at radius 1 is 1.14 bits per heavy atom. The predicted molar refractivity (Wildman–Crippen MR) is 111 cm³/mol. The normalized spacial score (nSPS) is 23.0. The number of benzene rings is 2. The summed E-state index contributed by atoms with van der Waals surface area (Å²) in [5.74, 6) is -1.40. The summed E-state index contributed by atoms with van der Waals surface area (Å²) in [5, 5.41) is 2.64. The Morgan fingerprint density at radius 3 is 2.43 bits per heavy atom. The fraction of sp³-hybridized carbons (Fsp3) is 0.300. The van der Waals surface area contributed by atoms with Crippen LogP contribution in [0.3, 0.4) is 0 Å². The van der Waals surface area contributed by atoms with E-state index < -0.39 is 31.8 Å². The second-order valence-corrected chi connectivity index (χ2v) is 10.9. The molecule has 0 saturated heterocycles. The highest BCUT2D eigenvalue weighted by molar-refractivity contribution is 9.10. The van der Waals surface area contributed by atoms with Crippen LogP contribution in [-0.2, 0) is 15.4 Å². The van der Waals surface area contributed by atoms with Gasteiger partial charge in [-0.1, -0.05) is 34.1 Å². The monoisotopic (exact) mass is 466 g/mol. The minimum atomic E-state index is -3.75. The zero-order valence-electron chi connectivity index (χ0n) is 15.7. The van der Waals surface area contributed by atoms with E-state index in [2.05, 4.69) is 26.2 Å². The molecule has 1 amide bonds. The number of amidine groups is 1. The number of nitrogens with zero attached hydrogens (tertiary/aromatic N) is 1. The average Bonchev–Trinajstić information content (AvgIpc) is 2.62. The van der Waals surface area contributed by atoms with Crippen LogP contribution < -0.4 is 5.32 Å². The van der Waals surface area contributed by atoms with E-state index in [0.717, 1.165) is 0 Å². The minimum absolute atomic E-state index is 0.00511. The second kappa shape index (κ2) is 7.08. The van der Waals surface area contributed by atoms with Gasteiger partial charge in [0.2, 0.25) is 0 Å². The third-order valence-corrected chi connectivity index (χ3v) is 8.14. The van der Waals surface area contributed by atoms with Crippen LogP contribution in [0.15, 0.2) is 58.0 Å². The third-order valence-electron chi connectivity index (χ3n) is 4.95. The SMILES string of the molecule is CC1(C)C(NC(=O)c2ccccc2)=N[C@](C)(c2cc(Br)ccc2F)CS1(=O)=O. The molecule has 0 aliphatic carbocycles. The lowest BCUT2D eigenvalue weighted by atomic mass is 9.93. The Hall–Kier alpha value is -2.06. The van der Waals surface area contributed by atoms with Crippen molar-refractivity contribution >= 4 is 37.5 Å². The van der Waals surface area contributed by atoms with Gasteiger partial charge in [-0.05, 0) is 51.1 Å². The van der Waals surface area contributed by atoms with E-state index in [9.17, 15) is 17.6 Å². The van der Waals surface area contributed by atoms with Crippen molar-refractivity contribution in [1.29, 1.82) is 0 Å². The molecule has 0 unspecified atom stereocenters. The van der Waals surface area contributed by atoms with Gasteiger partial charge in [0.15, 0.2) is 9.84 Å². The topological polar surface area (TPSA) is 75.6 Å². The molecule has 2 aromatic rings. The number of rotatable bonds is 2. The summed E-state index contributed by atoms with van der Waals surface area (Å²) in [6, 6.07) is 12.7. The fourth-order valence-electron chi connectivity index (χ4n) is 3.11. The number of carbonyl (C=O) groups excluding carboxylic acids is 1. The standard InChI is InChI=1S/C20H20BrFN2O3S/c1-19(2)18(23-17(25)13-7-5-4-6-8-13)24-20(3,12-28(19,26)27)15-11-14(21)9-10-16(15)22/h4-11H,12H2,1-3H3,(H,23,24,25)/t20-/m0/s1. The summed E-state index contributed by atoms with van der Waals surface area (Å²) in [7, 11) is -3.75. The average molecular weight is 467 g/mol. The zero-order valence-corrected chi connectivity index (χ0v) is 18.1. The van der Waals surface area contributed by atoms with Crippen LogP contribution in [0.2, 0.25) is 0 Å².